The van der Waals surface area contributed by atoms with E-state index in [1.165, 1.54) is 9.75 Å². The van der Waals surface area contributed by atoms with Gasteiger partial charge in [-0.3, -0.25) is 0 Å². The largest absolute Gasteiger partial charge is 0.487 e. The average Bonchev–Trinajstić information content (AvgIpc) is 2.86. The second-order valence-electron chi connectivity index (χ2n) is 4.22. The van der Waals surface area contributed by atoms with Crippen molar-refractivity contribution in [2.75, 3.05) is 7.05 Å². The third-order valence-electron chi connectivity index (χ3n) is 2.70. The summed E-state index contributed by atoms with van der Waals surface area (Å²) in [7, 11) is 1.96. The van der Waals surface area contributed by atoms with Crippen LogP contribution >= 0.6 is 11.3 Å². The Morgan fingerprint density at radius 2 is 1.95 bits per heavy atom. The van der Waals surface area contributed by atoms with Crippen LogP contribution in [0, 0.1) is 0 Å². The maximum absolute atomic E-state index is 5.91. The van der Waals surface area contributed by atoms with Crippen LogP contribution in [0.1, 0.15) is 22.2 Å². The Morgan fingerprint density at radius 1 is 1.16 bits per heavy atom. The number of ether oxygens (including phenoxy) is 1. The smallest absolute Gasteiger partial charge is 0.127 e. The molecule has 0 aliphatic carbocycles. The molecule has 0 aliphatic rings. The lowest BCUT2D eigenvalue weighted by Gasteiger charge is -2.07. The number of allylic oxidation sites excluding steroid dienone is 1. The van der Waals surface area contributed by atoms with Gasteiger partial charge in [-0.05, 0) is 32.2 Å². The lowest BCUT2D eigenvalue weighted by Crippen LogP contribution is -2.02. The molecular weight excluding hydrogens is 254 g/mol. The summed E-state index contributed by atoms with van der Waals surface area (Å²) in [5.74, 6) is 0.934. The molecule has 0 spiro atoms. The first-order valence-electron chi connectivity index (χ1n) is 6.40. The Bertz CT molecular complexity index is 545. The SMILES string of the molecule is C/C=C/c1ccccc1OCc1ccc(CNC)s1. The van der Waals surface area contributed by atoms with E-state index in [0.29, 0.717) is 6.61 Å². The molecule has 1 N–H and O–H groups in total. The highest BCUT2D eigenvalue weighted by atomic mass is 32.1. The van der Waals surface area contributed by atoms with Crippen LogP contribution in [-0.2, 0) is 13.2 Å². The Balaban J connectivity index is 2.01. The predicted octanol–water partition coefficient (Wildman–Crippen LogP) is 4.08. The molecule has 1 aromatic carbocycles. The van der Waals surface area contributed by atoms with E-state index < -0.39 is 0 Å². The van der Waals surface area contributed by atoms with E-state index in [9.17, 15) is 0 Å². The molecule has 1 heterocycles. The van der Waals surface area contributed by atoms with Crippen LogP contribution < -0.4 is 10.1 Å². The van der Waals surface area contributed by atoms with Crippen LogP contribution in [-0.4, -0.2) is 7.05 Å². The van der Waals surface area contributed by atoms with Crippen molar-refractivity contribution in [3.63, 3.8) is 0 Å². The molecule has 1 aromatic heterocycles. The zero-order chi connectivity index (χ0) is 13.5. The zero-order valence-electron chi connectivity index (χ0n) is 11.3. The summed E-state index contributed by atoms with van der Waals surface area (Å²) in [4.78, 5) is 2.59. The van der Waals surface area contributed by atoms with Gasteiger partial charge in [0, 0.05) is 21.9 Å². The second-order valence-corrected chi connectivity index (χ2v) is 5.48. The molecule has 100 valence electrons. The standard InChI is InChI=1S/C16H19NOS/c1-3-6-13-7-4-5-8-16(13)18-12-15-10-9-14(19-15)11-17-2/h3-10,17H,11-12H2,1-2H3/b6-3+. The zero-order valence-corrected chi connectivity index (χ0v) is 12.2. The summed E-state index contributed by atoms with van der Waals surface area (Å²) >= 11 is 1.79. The van der Waals surface area contributed by atoms with Crippen LogP contribution in [0.3, 0.4) is 0 Å². The van der Waals surface area contributed by atoms with Crippen molar-refractivity contribution in [1.29, 1.82) is 0 Å². The van der Waals surface area contributed by atoms with Gasteiger partial charge in [0.1, 0.15) is 12.4 Å². The van der Waals surface area contributed by atoms with E-state index in [1.807, 2.05) is 38.2 Å². The van der Waals surface area contributed by atoms with Crippen molar-refractivity contribution in [2.24, 2.45) is 0 Å². The first-order valence-corrected chi connectivity index (χ1v) is 7.22. The topological polar surface area (TPSA) is 21.3 Å². The van der Waals surface area contributed by atoms with E-state index in [4.69, 9.17) is 4.74 Å². The van der Waals surface area contributed by atoms with Crippen molar-refractivity contribution in [3.05, 3.63) is 57.8 Å². The van der Waals surface area contributed by atoms with Gasteiger partial charge in [0.05, 0.1) is 0 Å². The van der Waals surface area contributed by atoms with Crippen molar-refractivity contribution in [3.8, 4) is 5.75 Å². The third kappa shape index (κ3) is 3.94. The Hall–Kier alpha value is -1.58. The van der Waals surface area contributed by atoms with Crippen LogP contribution in [0.15, 0.2) is 42.5 Å². The van der Waals surface area contributed by atoms with E-state index >= 15 is 0 Å². The first-order chi connectivity index (χ1) is 9.33. The Kier molecular flexibility index (Phi) is 5.19. The molecule has 0 radical (unpaired) electrons. The summed E-state index contributed by atoms with van der Waals surface area (Å²) in [5.41, 5.74) is 1.12. The first kappa shape index (κ1) is 13.8. The lowest BCUT2D eigenvalue weighted by atomic mass is 10.2. The summed E-state index contributed by atoms with van der Waals surface area (Å²) in [6.45, 7) is 3.56. The summed E-state index contributed by atoms with van der Waals surface area (Å²) < 4.78 is 5.91. The van der Waals surface area contributed by atoms with Gasteiger partial charge >= 0.3 is 0 Å². The van der Waals surface area contributed by atoms with E-state index in [-0.39, 0.29) is 0 Å². The number of hydrogen-bond donors (Lipinski definition) is 1. The highest BCUT2D eigenvalue weighted by Gasteiger charge is 2.03. The molecule has 3 heteroatoms. The highest BCUT2D eigenvalue weighted by Crippen LogP contribution is 2.23. The van der Waals surface area contributed by atoms with Crippen LogP contribution in [0.25, 0.3) is 6.08 Å². The minimum Gasteiger partial charge on any atom is -0.487 e. The number of nitrogens with one attached hydrogen (secondary N) is 1. The van der Waals surface area contributed by atoms with Gasteiger partial charge in [-0.2, -0.15) is 0 Å². The molecule has 0 amide bonds. The maximum atomic E-state index is 5.91. The van der Waals surface area contributed by atoms with Gasteiger partial charge in [0.15, 0.2) is 0 Å². The third-order valence-corrected chi connectivity index (χ3v) is 3.76. The van der Waals surface area contributed by atoms with E-state index in [2.05, 4.69) is 29.6 Å². The van der Waals surface area contributed by atoms with Crippen LogP contribution in [0.5, 0.6) is 5.75 Å². The van der Waals surface area contributed by atoms with Gasteiger partial charge in [0.25, 0.3) is 0 Å². The molecule has 2 rings (SSSR count). The molecule has 0 saturated carbocycles. The van der Waals surface area contributed by atoms with Crippen molar-refractivity contribution < 1.29 is 4.74 Å². The quantitative estimate of drug-likeness (QED) is 0.856. The average molecular weight is 273 g/mol. The number of benzene rings is 1. The number of thiophene rings is 1. The lowest BCUT2D eigenvalue weighted by molar-refractivity contribution is 0.309. The molecular formula is C16H19NOS. The maximum Gasteiger partial charge on any atom is 0.127 e. The molecule has 0 saturated heterocycles. The number of hydrogen-bond acceptors (Lipinski definition) is 3. The molecule has 0 aliphatic heterocycles. The van der Waals surface area contributed by atoms with Crippen molar-refractivity contribution in [1.82, 2.24) is 5.32 Å². The normalized spacial score (nSPS) is 11.1. The van der Waals surface area contributed by atoms with E-state index in [1.54, 1.807) is 11.3 Å². The predicted molar refractivity (Wildman–Crippen MR) is 82.6 cm³/mol. The number of para-hydroxylation sites is 1. The summed E-state index contributed by atoms with van der Waals surface area (Å²) in [6.07, 6.45) is 4.09. The Morgan fingerprint density at radius 3 is 2.74 bits per heavy atom. The molecule has 0 atom stereocenters. The van der Waals surface area contributed by atoms with Crippen molar-refractivity contribution in [2.45, 2.75) is 20.1 Å². The van der Waals surface area contributed by atoms with Gasteiger partial charge in [0.2, 0.25) is 0 Å². The fraction of sp³-hybridized carbons (Fsp3) is 0.250. The molecule has 2 aromatic rings. The van der Waals surface area contributed by atoms with Crippen LogP contribution in [0.2, 0.25) is 0 Å². The number of rotatable bonds is 6. The summed E-state index contributed by atoms with van der Waals surface area (Å²) in [5, 5.41) is 3.16. The van der Waals surface area contributed by atoms with Gasteiger partial charge in [-0.25, -0.2) is 0 Å². The van der Waals surface area contributed by atoms with Gasteiger partial charge in [-0.1, -0.05) is 30.4 Å². The van der Waals surface area contributed by atoms with Crippen LogP contribution in [0.4, 0.5) is 0 Å². The molecule has 0 fully saturated rings. The molecule has 0 bridgehead atoms. The second kappa shape index (κ2) is 7.12. The molecule has 0 unspecified atom stereocenters. The minimum absolute atomic E-state index is 0.628. The van der Waals surface area contributed by atoms with Gasteiger partial charge in [-0.15, -0.1) is 11.3 Å². The Labute approximate surface area is 118 Å². The molecule has 2 nitrogen and oxygen atoms in total. The molecule has 19 heavy (non-hydrogen) atoms. The van der Waals surface area contributed by atoms with Crippen molar-refractivity contribution >= 4 is 17.4 Å². The van der Waals surface area contributed by atoms with E-state index in [0.717, 1.165) is 17.9 Å². The monoisotopic (exact) mass is 273 g/mol. The highest BCUT2D eigenvalue weighted by molar-refractivity contribution is 7.11. The fourth-order valence-electron chi connectivity index (χ4n) is 1.85. The fourth-order valence-corrected chi connectivity index (χ4v) is 2.79. The van der Waals surface area contributed by atoms with Gasteiger partial charge < -0.3 is 10.1 Å². The minimum atomic E-state index is 0.628. The summed E-state index contributed by atoms with van der Waals surface area (Å²) in [6, 6.07) is 12.4.